The largest absolute Gasteiger partial charge is 0.477 e. The lowest BCUT2D eigenvalue weighted by Gasteiger charge is -2.10. The van der Waals surface area contributed by atoms with Crippen molar-refractivity contribution in [3.05, 3.63) is 34.7 Å². The third-order valence-corrected chi connectivity index (χ3v) is 6.19. The van der Waals surface area contributed by atoms with Crippen LogP contribution in [0.15, 0.2) is 24.3 Å². The van der Waals surface area contributed by atoms with Gasteiger partial charge in [0, 0.05) is 23.0 Å². The van der Waals surface area contributed by atoms with Crippen molar-refractivity contribution in [2.24, 2.45) is 0 Å². The van der Waals surface area contributed by atoms with Gasteiger partial charge >= 0.3 is 5.97 Å². The topological polar surface area (TPSA) is 49.3 Å². The number of fused-ring (bicyclic) bond motifs is 1. The monoisotopic (exact) mass is 307 g/mol. The minimum absolute atomic E-state index is 0.470. The maximum Gasteiger partial charge on any atom is 0.346 e. The van der Waals surface area contributed by atoms with Gasteiger partial charge in [0.2, 0.25) is 0 Å². The van der Waals surface area contributed by atoms with Gasteiger partial charge in [-0.2, -0.15) is 11.8 Å². The normalized spacial score (nSPS) is 18.7. The van der Waals surface area contributed by atoms with Gasteiger partial charge in [-0.15, -0.1) is 11.3 Å². The van der Waals surface area contributed by atoms with Crippen LogP contribution in [0.1, 0.15) is 28.1 Å². The van der Waals surface area contributed by atoms with Crippen LogP contribution >= 0.6 is 23.1 Å². The highest BCUT2D eigenvalue weighted by molar-refractivity contribution is 8.00. The molecular formula is C15H17NO2S2. The molecular weight excluding hydrogens is 290 g/mol. The molecule has 1 saturated heterocycles. The highest BCUT2D eigenvalue weighted by atomic mass is 32.2. The number of carbonyl (C=O) groups is 1. The van der Waals surface area contributed by atoms with Gasteiger partial charge in [0.15, 0.2) is 0 Å². The van der Waals surface area contributed by atoms with Crippen LogP contribution in [0.4, 0.5) is 0 Å². The van der Waals surface area contributed by atoms with Crippen LogP contribution in [-0.4, -0.2) is 28.6 Å². The summed E-state index contributed by atoms with van der Waals surface area (Å²) >= 11 is 3.39. The first-order chi connectivity index (χ1) is 9.75. The van der Waals surface area contributed by atoms with Crippen LogP contribution in [0.5, 0.6) is 0 Å². The summed E-state index contributed by atoms with van der Waals surface area (Å²) in [5.41, 5.74) is 0.932. The van der Waals surface area contributed by atoms with E-state index in [1.807, 2.05) is 36.0 Å². The zero-order valence-corrected chi connectivity index (χ0v) is 12.7. The third-order valence-electron chi connectivity index (χ3n) is 3.59. The summed E-state index contributed by atoms with van der Waals surface area (Å²) in [6.45, 7) is 1.61. The van der Waals surface area contributed by atoms with Crippen molar-refractivity contribution >= 4 is 39.2 Å². The predicted molar refractivity (Wildman–Crippen MR) is 86.0 cm³/mol. The van der Waals surface area contributed by atoms with Gasteiger partial charge in [-0.1, -0.05) is 18.2 Å². The SMILES string of the molecule is O=C(O)c1sc2ccccc2c1CNCC1CCCS1. The average Bonchev–Trinajstić information content (AvgIpc) is 3.07. The van der Waals surface area contributed by atoms with Crippen molar-refractivity contribution in [2.75, 3.05) is 12.3 Å². The molecule has 0 spiro atoms. The van der Waals surface area contributed by atoms with Crippen LogP contribution in [0.2, 0.25) is 0 Å². The molecule has 1 fully saturated rings. The van der Waals surface area contributed by atoms with E-state index in [2.05, 4.69) is 5.32 Å². The van der Waals surface area contributed by atoms with E-state index in [1.165, 1.54) is 29.9 Å². The summed E-state index contributed by atoms with van der Waals surface area (Å²) in [7, 11) is 0. The Labute approximate surface area is 126 Å². The van der Waals surface area contributed by atoms with E-state index in [0.717, 1.165) is 22.2 Å². The van der Waals surface area contributed by atoms with E-state index in [9.17, 15) is 9.90 Å². The summed E-state index contributed by atoms with van der Waals surface area (Å²) in [6, 6.07) is 7.93. The van der Waals surface area contributed by atoms with Crippen molar-refractivity contribution in [1.82, 2.24) is 5.32 Å². The molecule has 3 nitrogen and oxygen atoms in total. The van der Waals surface area contributed by atoms with Crippen molar-refractivity contribution in [3.8, 4) is 0 Å². The first-order valence-electron chi connectivity index (χ1n) is 6.81. The number of rotatable bonds is 5. The molecule has 1 atom stereocenters. The van der Waals surface area contributed by atoms with Gasteiger partial charge in [-0.25, -0.2) is 4.79 Å². The molecule has 3 rings (SSSR count). The molecule has 20 heavy (non-hydrogen) atoms. The lowest BCUT2D eigenvalue weighted by molar-refractivity contribution is 0.0701. The zero-order chi connectivity index (χ0) is 13.9. The Morgan fingerprint density at radius 2 is 2.25 bits per heavy atom. The second-order valence-corrected chi connectivity index (χ2v) is 7.44. The molecule has 106 valence electrons. The quantitative estimate of drug-likeness (QED) is 0.886. The van der Waals surface area contributed by atoms with Gasteiger partial charge in [-0.05, 0) is 35.6 Å². The molecule has 1 aliphatic rings. The van der Waals surface area contributed by atoms with E-state index in [1.54, 1.807) is 0 Å². The number of carboxylic acids is 1. The van der Waals surface area contributed by atoms with Crippen molar-refractivity contribution in [3.63, 3.8) is 0 Å². The zero-order valence-electron chi connectivity index (χ0n) is 11.1. The minimum atomic E-state index is -0.821. The van der Waals surface area contributed by atoms with E-state index in [4.69, 9.17) is 0 Å². The fraction of sp³-hybridized carbons (Fsp3) is 0.400. The first kappa shape index (κ1) is 13.9. The minimum Gasteiger partial charge on any atom is -0.477 e. The van der Waals surface area contributed by atoms with E-state index in [-0.39, 0.29) is 0 Å². The highest BCUT2D eigenvalue weighted by Crippen LogP contribution is 2.31. The molecule has 1 unspecified atom stereocenters. The Hall–Kier alpha value is -1.04. The number of thiophene rings is 1. The summed E-state index contributed by atoms with van der Waals surface area (Å²) in [6.07, 6.45) is 2.58. The summed E-state index contributed by atoms with van der Waals surface area (Å²) < 4.78 is 1.05. The van der Waals surface area contributed by atoms with Crippen LogP contribution in [0, 0.1) is 0 Å². The summed E-state index contributed by atoms with van der Waals surface area (Å²) in [4.78, 5) is 11.9. The van der Waals surface area contributed by atoms with Gasteiger partial charge in [-0.3, -0.25) is 0 Å². The predicted octanol–water partition coefficient (Wildman–Crippen LogP) is 3.58. The second kappa shape index (κ2) is 6.16. The Bertz CT molecular complexity index is 617. The second-order valence-electron chi connectivity index (χ2n) is 4.98. The maximum absolute atomic E-state index is 11.4. The van der Waals surface area contributed by atoms with Crippen molar-refractivity contribution in [1.29, 1.82) is 0 Å². The van der Waals surface area contributed by atoms with Gasteiger partial charge < -0.3 is 10.4 Å². The third kappa shape index (κ3) is 2.85. The maximum atomic E-state index is 11.4. The molecule has 0 bridgehead atoms. The lowest BCUT2D eigenvalue weighted by atomic mass is 10.1. The molecule has 1 aliphatic heterocycles. The van der Waals surface area contributed by atoms with Crippen LogP contribution in [-0.2, 0) is 6.54 Å². The number of benzene rings is 1. The van der Waals surface area contributed by atoms with Gasteiger partial charge in [0.25, 0.3) is 0 Å². The van der Waals surface area contributed by atoms with Crippen LogP contribution in [0.25, 0.3) is 10.1 Å². The van der Waals surface area contributed by atoms with Gasteiger partial charge in [0.1, 0.15) is 4.88 Å². The van der Waals surface area contributed by atoms with Crippen LogP contribution in [0.3, 0.4) is 0 Å². The molecule has 0 saturated carbocycles. The number of thioether (sulfide) groups is 1. The number of hydrogen-bond acceptors (Lipinski definition) is 4. The Balaban J connectivity index is 1.78. The summed E-state index contributed by atoms with van der Waals surface area (Å²) in [5, 5.41) is 14.6. The number of nitrogens with one attached hydrogen (secondary N) is 1. The number of aromatic carboxylic acids is 1. The lowest BCUT2D eigenvalue weighted by Crippen LogP contribution is -2.23. The molecule has 0 radical (unpaired) electrons. The molecule has 0 aliphatic carbocycles. The van der Waals surface area contributed by atoms with Crippen molar-refractivity contribution < 1.29 is 9.90 Å². The molecule has 2 aromatic rings. The molecule has 0 amide bonds. The number of hydrogen-bond donors (Lipinski definition) is 2. The Kier molecular flexibility index (Phi) is 4.29. The Morgan fingerprint density at radius 3 is 3.00 bits per heavy atom. The molecule has 5 heteroatoms. The van der Waals surface area contributed by atoms with E-state index < -0.39 is 5.97 Å². The first-order valence-corrected chi connectivity index (χ1v) is 8.68. The fourth-order valence-corrected chi connectivity index (χ4v) is 4.91. The van der Waals surface area contributed by atoms with E-state index in [0.29, 0.717) is 16.7 Å². The molecule has 1 aromatic carbocycles. The molecule has 2 N–H and O–H groups in total. The van der Waals surface area contributed by atoms with Crippen LogP contribution < -0.4 is 5.32 Å². The smallest absolute Gasteiger partial charge is 0.346 e. The van der Waals surface area contributed by atoms with Crippen molar-refractivity contribution in [2.45, 2.75) is 24.6 Å². The molecule has 2 heterocycles. The average molecular weight is 307 g/mol. The molecule has 1 aromatic heterocycles. The number of carboxylic acid groups (broad SMARTS) is 1. The highest BCUT2D eigenvalue weighted by Gasteiger charge is 2.19. The standard InChI is InChI=1S/C15H17NO2S2/c17-15(18)14-12(9-16-8-10-4-3-7-19-10)11-5-1-2-6-13(11)20-14/h1-2,5-6,10,16H,3-4,7-9H2,(H,17,18). The van der Waals surface area contributed by atoms with E-state index >= 15 is 0 Å². The Morgan fingerprint density at radius 1 is 1.40 bits per heavy atom. The van der Waals surface area contributed by atoms with Gasteiger partial charge in [0.05, 0.1) is 0 Å². The summed E-state index contributed by atoms with van der Waals surface area (Å²) in [5.74, 6) is 0.437. The fourth-order valence-electron chi connectivity index (χ4n) is 2.61.